The van der Waals surface area contributed by atoms with E-state index in [-0.39, 0.29) is 11.9 Å². The third-order valence-electron chi connectivity index (χ3n) is 7.96. The Bertz CT molecular complexity index is 1470. The second kappa shape index (κ2) is 10.6. The SMILES string of the molecule is CCC(NC(=O)c1ccc2c(c1)c(C)c(C)n2Cc1ccc(C2CC=CC=C2C)cc1)c1ccccc1. The number of carbonyl (C=O) groups excluding carboxylic acids is 1. The molecule has 0 bridgehead atoms. The fourth-order valence-electron chi connectivity index (χ4n) is 5.52. The first kappa shape index (κ1) is 24.8. The molecule has 3 aromatic carbocycles. The number of amides is 1. The van der Waals surface area contributed by atoms with Crippen molar-refractivity contribution in [2.75, 3.05) is 0 Å². The van der Waals surface area contributed by atoms with E-state index >= 15 is 0 Å². The van der Waals surface area contributed by atoms with Gasteiger partial charge < -0.3 is 9.88 Å². The largest absolute Gasteiger partial charge is 0.345 e. The second-order valence-electron chi connectivity index (χ2n) is 10.2. The second-order valence-corrected chi connectivity index (χ2v) is 10.2. The molecule has 0 fully saturated rings. The van der Waals surface area contributed by atoms with Gasteiger partial charge in [0, 0.05) is 34.6 Å². The fraction of sp³-hybridized carbons (Fsp3) is 0.265. The molecular weight excluding hydrogens is 452 g/mol. The molecule has 1 aromatic heterocycles. The minimum Gasteiger partial charge on any atom is -0.345 e. The third kappa shape index (κ3) is 5.04. The normalized spacial score (nSPS) is 16.0. The van der Waals surface area contributed by atoms with Crippen molar-refractivity contribution in [1.29, 1.82) is 0 Å². The Labute approximate surface area is 220 Å². The number of fused-ring (bicyclic) bond motifs is 1. The summed E-state index contributed by atoms with van der Waals surface area (Å²) in [6.07, 6.45) is 8.55. The monoisotopic (exact) mass is 488 g/mol. The van der Waals surface area contributed by atoms with E-state index in [1.54, 1.807) is 0 Å². The van der Waals surface area contributed by atoms with E-state index in [9.17, 15) is 4.79 Å². The number of nitrogens with zero attached hydrogens (tertiary/aromatic N) is 1. The van der Waals surface area contributed by atoms with E-state index < -0.39 is 0 Å². The van der Waals surface area contributed by atoms with Crippen molar-refractivity contribution < 1.29 is 4.79 Å². The zero-order chi connectivity index (χ0) is 25.9. The van der Waals surface area contributed by atoms with Crippen LogP contribution in [0.1, 0.15) is 77.0 Å². The van der Waals surface area contributed by atoms with Crippen molar-refractivity contribution in [1.82, 2.24) is 9.88 Å². The zero-order valence-corrected chi connectivity index (χ0v) is 22.3. The lowest BCUT2D eigenvalue weighted by molar-refractivity contribution is 0.0935. The predicted molar refractivity (Wildman–Crippen MR) is 154 cm³/mol. The van der Waals surface area contributed by atoms with Gasteiger partial charge in [0.25, 0.3) is 5.91 Å². The molecule has 4 aromatic rings. The van der Waals surface area contributed by atoms with E-state index in [0.29, 0.717) is 11.5 Å². The van der Waals surface area contributed by atoms with Crippen LogP contribution in [0.15, 0.2) is 96.6 Å². The molecule has 1 aliphatic rings. The van der Waals surface area contributed by atoms with Gasteiger partial charge in [-0.2, -0.15) is 0 Å². The van der Waals surface area contributed by atoms with Gasteiger partial charge in [-0.15, -0.1) is 0 Å². The summed E-state index contributed by atoms with van der Waals surface area (Å²) in [5, 5.41) is 4.37. The maximum atomic E-state index is 13.2. The van der Waals surface area contributed by atoms with Gasteiger partial charge in [0.15, 0.2) is 0 Å². The first-order valence-electron chi connectivity index (χ1n) is 13.3. The van der Waals surface area contributed by atoms with Crippen molar-refractivity contribution in [3.05, 3.63) is 130 Å². The molecule has 0 radical (unpaired) electrons. The summed E-state index contributed by atoms with van der Waals surface area (Å²) in [5.41, 5.74) is 9.56. The molecule has 188 valence electrons. The number of rotatable bonds is 7. The standard InChI is InChI=1S/C34H36N2O/c1-5-32(28-12-7-6-8-13-28)35-34(37)29-19-20-33-31(21-29)24(3)25(4)36(33)22-26-15-17-27(18-16-26)30-14-10-9-11-23(30)2/h6-13,15-21,30,32H,5,14,22H2,1-4H3,(H,35,37). The summed E-state index contributed by atoms with van der Waals surface area (Å²) >= 11 is 0. The van der Waals surface area contributed by atoms with Crippen LogP contribution in [0.25, 0.3) is 10.9 Å². The highest BCUT2D eigenvalue weighted by Gasteiger charge is 2.18. The van der Waals surface area contributed by atoms with Gasteiger partial charge in [-0.25, -0.2) is 0 Å². The quantitative estimate of drug-likeness (QED) is 0.280. The summed E-state index contributed by atoms with van der Waals surface area (Å²) in [6.45, 7) is 9.47. The molecule has 3 heteroatoms. The molecule has 0 aliphatic heterocycles. The number of carbonyl (C=O) groups is 1. The highest BCUT2D eigenvalue weighted by molar-refractivity contribution is 5.99. The lowest BCUT2D eigenvalue weighted by Crippen LogP contribution is -2.28. The van der Waals surface area contributed by atoms with Gasteiger partial charge in [-0.3, -0.25) is 4.79 Å². The highest BCUT2D eigenvalue weighted by atomic mass is 16.1. The molecule has 5 rings (SSSR count). The third-order valence-corrected chi connectivity index (χ3v) is 7.96. The van der Waals surface area contributed by atoms with Crippen LogP contribution in [0.3, 0.4) is 0 Å². The van der Waals surface area contributed by atoms with Crippen molar-refractivity contribution in [3.8, 4) is 0 Å². The number of hydrogen-bond acceptors (Lipinski definition) is 1. The zero-order valence-electron chi connectivity index (χ0n) is 22.3. The Morgan fingerprint density at radius 1 is 1.00 bits per heavy atom. The molecule has 2 atom stereocenters. The average molecular weight is 489 g/mol. The Morgan fingerprint density at radius 3 is 2.46 bits per heavy atom. The van der Waals surface area contributed by atoms with Crippen LogP contribution < -0.4 is 5.32 Å². The minimum absolute atomic E-state index is 0.00344. The predicted octanol–water partition coefficient (Wildman–Crippen LogP) is 8.18. The number of aromatic nitrogens is 1. The van der Waals surface area contributed by atoms with Gasteiger partial charge >= 0.3 is 0 Å². The van der Waals surface area contributed by atoms with Gasteiger partial charge in [-0.05, 0) is 74.1 Å². The van der Waals surface area contributed by atoms with Gasteiger partial charge in [0.1, 0.15) is 0 Å². The van der Waals surface area contributed by atoms with Crippen LogP contribution in [-0.2, 0) is 6.54 Å². The topological polar surface area (TPSA) is 34.0 Å². The number of aryl methyl sites for hydroxylation is 1. The maximum Gasteiger partial charge on any atom is 0.251 e. The molecular formula is C34H36N2O. The first-order valence-corrected chi connectivity index (χ1v) is 13.3. The van der Waals surface area contributed by atoms with E-state index in [4.69, 9.17) is 0 Å². The number of hydrogen-bond donors (Lipinski definition) is 1. The van der Waals surface area contributed by atoms with Crippen LogP contribution >= 0.6 is 0 Å². The average Bonchev–Trinajstić information content (AvgIpc) is 3.17. The summed E-state index contributed by atoms with van der Waals surface area (Å²) < 4.78 is 2.37. The van der Waals surface area contributed by atoms with Crippen LogP contribution in [0.2, 0.25) is 0 Å². The van der Waals surface area contributed by atoms with Crippen molar-refractivity contribution >= 4 is 16.8 Å². The molecule has 37 heavy (non-hydrogen) atoms. The lowest BCUT2D eigenvalue weighted by Gasteiger charge is -2.19. The van der Waals surface area contributed by atoms with Gasteiger partial charge in [0.05, 0.1) is 6.04 Å². The van der Waals surface area contributed by atoms with E-state index in [1.807, 2.05) is 24.3 Å². The number of allylic oxidation sites excluding steroid dienone is 4. The Kier molecular flexibility index (Phi) is 7.14. The minimum atomic E-state index is -0.0279. The molecule has 0 spiro atoms. The van der Waals surface area contributed by atoms with Crippen LogP contribution in [-0.4, -0.2) is 10.5 Å². The van der Waals surface area contributed by atoms with Crippen LogP contribution in [0.5, 0.6) is 0 Å². The number of nitrogens with one attached hydrogen (secondary N) is 1. The van der Waals surface area contributed by atoms with E-state index in [0.717, 1.165) is 30.3 Å². The maximum absolute atomic E-state index is 13.2. The lowest BCUT2D eigenvalue weighted by atomic mass is 9.86. The van der Waals surface area contributed by atoms with E-state index in [1.165, 1.54) is 33.5 Å². The molecule has 1 N–H and O–H groups in total. The van der Waals surface area contributed by atoms with Gasteiger partial charge in [-0.1, -0.05) is 85.3 Å². The molecule has 0 saturated carbocycles. The highest BCUT2D eigenvalue weighted by Crippen LogP contribution is 2.32. The Balaban J connectivity index is 1.37. The van der Waals surface area contributed by atoms with Crippen LogP contribution in [0, 0.1) is 13.8 Å². The smallest absolute Gasteiger partial charge is 0.251 e. The van der Waals surface area contributed by atoms with Crippen molar-refractivity contribution in [2.45, 2.75) is 59.0 Å². The molecule has 2 unspecified atom stereocenters. The molecule has 1 heterocycles. The Morgan fingerprint density at radius 2 is 1.76 bits per heavy atom. The first-order chi connectivity index (χ1) is 18.0. The van der Waals surface area contributed by atoms with Crippen molar-refractivity contribution in [3.63, 3.8) is 0 Å². The molecule has 3 nitrogen and oxygen atoms in total. The summed E-state index contributed by atoms with van der Waals surface area (Å²) in [6, 6.07) is 25.4. The van der Waals surface area contributed by atoms with Crippen LogP contribution in [0.4, 0.5) is 0 Å². The molecule has 1 amide bonds. The Hall–Kier alpha value is -3.85. The molecule has 0 saturated heterocycles. The molecule has 1 aliphatic carbocycles. The van der Waals surface area contributed by atoms with Crippen molar-refractivity contribution in [2.24, 2.45) is 0 Å². The summed E-state index contributed by atoms with van der Waals surface area (Å²) in [7, 11) is 0. The fourth-order valence-corrected chi connectivity index (χ4v) is 5.52. The van der Waals surface area contributed by atoms with Gasteiger partial charge in [0.2, 0.25) is 0 Å². The summed E-state index contributed by atoms with van der Waals surface area (Å²) in [4.78, 5) is 13.2. The number of benzene rings is 3. The van der Waals surface area contributed by atoms with E-state index in [2.05, 4.69) is 104 Å². The summed E-state index contributed by atoms with van der Waals surface area (Å²) in [5.74, 6) is 0.453.